The molecule has 0 saturated heterocycles. The van der Waals surface area contributed by atoms with Crippen LogP contribution in [0.2, 0.25) is 0 Å². The molecule has 0 aliphatic heterocycles. The van der Waals surface area contributed by atoms with E-state index in [0.29, 0.717) is 6.07 Å². The van der Waals surface area contributed by atoms with Gasteiger partial charge in [-0.25, -0.2) is 4.21 Å². The van der Waals surface area contributed by atoms with Gasteiger partial charge < -0.3 is 0 Å². The van der Waals surface area contributed by atoms with Crippen molar-refractivity contribution in [3.05, 3.63) is 26.6 Å². The quantitative estimate of drug-likeness (QED) is 0.357. The zero-order chi connectivity index (χ0) is 22.1. The van der Waals surface area contributed by atoms with Crippen LogP contribution in [-0.4, -0.2) is 33.4 Å². The monoisotopic (exact) mass is 576 g/mol. The van der Waals surface area contributed by atoms with E-state index in [4.69, 9.17) is 0 Å². The summed E-state index contributed by atoms with van der Waals surface area (Å²) in [5.74, 6) is -18.7. The van der Waals surface area contributed by atoms with E-state index in [2.05, 4.69) is 31.9 Å². The lowest BCUT2D eigenvalue weighted by Crippen LogP contribution is -2.57. The van der Waals surface area contributed by atoms with Gasteiger partial charge in [0.1, 0.15) is 10.8 Å². The molecule has 0 heterocycles. The highest BCUT2D eigenvalue weighted by Crippen LogP contribution is 2.62. The molecule has 28 heavy (non-hydrogen) atoms. The first kappa shape index (κ1) is 23.8. The van der Waals surface area contributed by atoms with Gasteiger partial charge in [-0.3, -0.25) is 0 Å². The van der Waals surface area contributed by atoms with Crippen LogP contribution < -0.4 is 0 Å². The maximum absolute atomic E-state index is 13.8. The van der Waals surface area contributed by atoms with Crippen LogP contribution in [-0.2, 0) is 10.8 Å². The normalized spacial score (nSPS) is 23.2. The van der Waals surface area contributed by atoms with Crippen molar-refractivity contribution in [3.8, 4) is 0 Å². The second kappa shape index (κ2) is 6.79. The molecule has 0 spiro atoms. The molecule has 2 rings (SSSR count). The highest BCUT2D eigenvalue weighted by Gasteiger charge is 2.77. The highest BCUT2D eigenvalue weighted by atomic mass is 79.9. The summed E-state index contributed by atoms with van der Waals surface area (Å²) in [6, 6.07) is 1.21. The third-order valence-corrected chi connectivity index (χ3v) is 6.52. The van der Waals surface area contributed by atoms with Crippen LogP contribution in [0.4, 0.5) is 48.3 Å². The predicted molar refractivity (Wildman–Crippen MR) is 81.5 cm³/mol. The number of hydrogen-bond donors (Lipinski definition) is 0. The van der Waals surface area contributed by atoms with E-state index in [1.54, 1.807) is 0 Å². The van der Waals surface area contributed by atoms with E-state index in [9.17, 15) is 52.5 Å². The van der Waals surface area contributed by atoms with Crippen LogP contribution in [0.5, 0.6) is 0 Å². The summed E-state index contributed by atoms with van der Waals surface area (Å²) in [6.07, 6.45) is -8.44. The van der Waals surface area contributed by atoms with E-state index in [1.807, 2.05) is 0 Å². The fourth-order valence-corrected chi connectivity index (χ4v) is 5.50. The van der Waals surface area contributed by atoms with Crippen LogP contribution in [0.3, 0.4) is 0 Å². The van der Waals surface area contributed by atoms with Crippen molar-refractivity contribution >= 4 is 42.7 Å². The molecule has 2 unspecified atom stereocenters. The predicted octanol–water partition coefficient (Wildman–Crippen LogP) is 6.87. The van der Waals surface area contributed by atoms with Gasteiger partial charge in [-0.2, -0.15) is 48.3 Å². The summed E-state index contributed by atoms with van der Waals surface area (Å²) in [4.78, 5) is -1.56. The zero-order valence-electron chi connectivity index (χ0n) is 12.7. The second-order valence-electron chi connectivity index (χ2n) is 5.74. The molecule has 0 N–H and O–H groups in total. The summed E-state index contributed by atoms with van der Waals surface area (Å²) >= 11 is 5.25. The lowest BCUT2D eigenvalue weighted by atomic mass is 9.72. The second-order valence-corrected chi connectivity index (χ2v) is 9.00. The van der Waals surface area contributed by atoms with Gasteiger partial charge in [0.2, 0.25) is 0 Å². The summed E-state index contributed by atoms with van der Waals surface area (Å²) in [5, 5.41) is -6.28. The van der Waals surface area contributed by atoms with E-state index in [1.165, 1.54) is 0 Å². The molecule has 0 amide bonds. The smallest absolute Gasteiger partial charge is 0.248 e. The molecule has 160 valence electrons. The maximum Gasteiger partial charge on any atom is 0.461 e. The number of hydrogen-bond acceptors (Lipinski definition) is 1. The number of alkyl halides is 11. The van der Waals surface area contributed by atoms with Gasteiger partial charge in [0, 0.05) is 15.4 Å². The molecule has 1 fully saturated rings. The van der Waals surface area contributed by atoms with Crippen molar-refractivity contribution < 1.29 is 52.5 Å². The number of rotatable bonds is 4. The Bertz CT molecular complexity index is 821. The Labute approximate surface area is 168 Å². The minimum Gasteiger partial charge on any atom is -0.248 e. The summed E-state index contributed by atoms with van der Waals surface area (Å²) in [7, 11) is -4.53. The van der Waals surface area contributed by atoms with Gasteiger partial charge >= 0.3 is 29.2 Å². The molecular formula is C13H5Br2F11OS. The molecule has 1 aliphatic carbocycles. The lowest BCUT2D eigenvalue weighted by molar-refractivity contribution is -0.331. The van der Waals surface area contributed by atoms with Crippen molar-refractivity contribution in [1.29, 1.82) is 0 Å². The van der Waals surface area contributed by atoms with Crippen LogP contribution >= 0.6 is 31.9 Å². The molecule has 15 heteroatoms. The topological polar surface area (TPSA) is 17.1 Å². The third kappa shape index (κ3) is 3.38. The minimum atomic E-state index is -6.82. The Hall–Kier alpha value is -0.440. The van der Waals surface area contributed by atoms with Gasteiger partial charge in [-0.15, -0.1) is 0 Å². The Morgan fingerprint density at radius 3 is 1.86 bits per heavy atom. The van der Waals surface area contributed by atoms with Crippen LogP contribution in [0.15, 0.2) is 26.0 Å². The van der Waals surface area contributed by atoms with E-state index in [0.717, 1.165) is 6.07 Å². The van der Waals surface area contributed by atoms with Crippen LogP contribution in [0.25, 0.3) is 0 Å². The van der Waals surface area contributed by atoms with Gasteiger partial charge in [-0.05, 0) is 17.7 Å². The fourth-order valence-electron chi connectivity index (χ4n) is 2.40. The van der Waals surface area contributed by atoms with Crippen LogP contribution in [0.1, 0.15) is 17.9 Å². The molecule has 0 radical (unpaired) electrons. The molecule has 1 nitrogen and oxygen atoms in total. The average Bonchev–Trinajstić information content (AvgIpc) is 2.50. The lowest BCUT2D eigenvalue weighted by Gasteiger charge is -2.45. The van der Waals surface area contributed by atoms with Crippen molar-refractivity contribution in [2.45, 2.75) is 46.4 Å². The van der Waals surface area contributed by atoms with Crippen molar-refractivity contribution in [3.63, 3.8) is 0 Å². The van der Waals surface area contributed by atoms with Crippen molar-refractivity contribution in [2.75, 3.05) is 0 Å². The number of benzene rings is 1. The Morgan fingerprint density at radius 1 is 0.964 bits per heavy atom. The van der Waals surface area contributed by atoms with Crippen molar-refractivity contribution in [2.24, 2.45) is 0 Å². The van der Waals surface area contributed by atoms with Gasteiger partial charge in [0.05, 0.1) is 10.8 Å². The molecule has 1 aliphatic rings. The minimum absolute atomic E-state index is 0.313. The first-order chi connectivity index (χ1) is 12.3. The fraction of sp³-hybridized carbons (Fsp3) is 0.538. The molecule has 1 aromatic carbocycles. The highest BCUT2D eigenvalue weighted by molar-refractivity contribution is 9.11. The first-order valence-electron chi connectivity index (χ1n) is 6.78. The largest absolute Gasteiger partial charge is 0.461 e. The molecule has 1 saturated carbocycles. The zero-order valence-corrected chi connectivity index (χ0v) is 16.7. The Kier molecular flexibility index (Phi) is 5.78. The van der Waals surface area contributed by atoms with Gasteiger partial charge in [0.15, 0.2) is 0 Å². The first-order valence-corrected chi connectivity index (χ1v) is 9.51. The molecule has 2 atom stereocenters. The molecular weight excluding hydrogens is 573 g/mol. The average molecular weight is 578 g/mol. The van der Waals surface area contributed by atoms with Crippen molar-refractivity contribution in [1.82, 2.24) is 0 Å². The van der Waals surface area contributed by atoms with E-state index < -0.39 is 67.3 Å². The van der Waals surface area contributed by atoms with Crippen LogP contribution in [0, 0.1) is 0 Å². The van der Waals surface area contributed by atoms with Gasteiger partial charge in [0.25, 0.3) is 0 Å². The maximum atomic E-state index is 13.8. The summed E-state index contributed by atoms with van der Waals surface area (Å²) in [6.45, 7) is 0. The summed E-state index contributed by atoms with van der Waals surface area (Å²) in [5.41, 5.74) is -1.17. The number of halogens is 13. The third-order valence-electron chi connectivity index (χ3n) is 3.94. The summed E-state index contributed by atoms with van der Waals surface area (Å²) < 4.78 is 156. The molecule has 0 aromatic heterocycles. The molecule has 0 bridgehead atoms. The van der Waals surface area contributed by atoms with E-state index in [-0.39, 0.29) is 4.47 Å². The Balaban J connectivity index is 2.66. The van der Waals surface area contributed by atoms with Gasteiger partial charge in [-0.1, -0.05) is 31.9 Å². The molecule has 1 aromatic rings. The van der Waals surface area contributed by atoms with E-state index >= 15 is 0 Å². The Morgan fingerprint density at radius 2 is 1.46 bits per heavy atom. The SMILES string of the molecule is O=S(c1cc(Br)cc(Br)c1C1CC(F)(F)C1(F)F)C(F)(F)C(F)(F)C(F)(F)F. The standard InChI is InChI=1S/C13H5Br2F11OS/c14-4-1-6(15)8(5-3-9(16,17)10(5,18)19)7(2-4)28(27)13(25,26)11(20,21)12(22,23)24/h1-2,5H,3H2.